The zero-order chi connectivity index (χ0) is 15.8. The lowest BCUT2D eigenvalue weighted by molar-refractivity contribution is 0.386. The number of aliphatic imine (C=N–C) groups is 2. The minimum atomic E-state index is 0.436. The molecule has 0 bridgehead atoms. The number of hydrogen-bond donors (Lipinski definition) is 0. The first-order chi connectivity index (χ1) is 9.92. The van der Waals surface area contributed by atoms with E-state index in [-0.39, 0.29) is 0 Å². The molecule has 0 aromatic heterocycles. The lowest BCUT2D eigenvalue weighted by atomic mass is 9.90. The van der Waals surface area contributed by atoms with Crippen LogP contribution < -0.4 is 0 Å². The summed E-state index contributed by atoms with van der Waals surface area (Å²) < 4.78 is 0. The first-order valence-electron chi connectivity index (χ1n) is 9.01. The Bertz CT molecular complexity index is 353. The van der Waals surface area contributed by atoms with Gasteiger partial charge in [-0.1, -0.05) is 47.5 Å². The highest BCUT2D eigenvalue weighted by Crippen LogP contribution is 2.25. The Morgan fingerprint density at radius 2 is 1.43 bits per heavy atom. The van der Waals surface area contributed by atoms with Crippen molar-refractivity contribution in [3.05, 3.63) is 0 Å². The van der Waals surface area contributed by atoms with Gasteiger partial charge in [-0.2, -0.15) is 0 Å². The number of hydrogen-bond acceptors (Lipinski definition) is 2. The molecular weight excluding hydrogens is 256 g/mol. The molecule has 2 atom stereocenters. The van der Waals surface area contributed by atoms with Crippen molar-refractivity contribution in [2.75, 3.05) is 0 Å². The Balaban J connectivity index is 2.78. The highest BCUT2D eigenvalue weighted by Gasteiger charge is 2.24. The predicted molar refractivity (Wildman–Crippen MR) is 95.8 cm³/mol. The SMILES string of the molecule is CCC(CC(C)C)=NC1CCCCC1N=C(C)CC(C)C. The molecule has 21 heavy (non-hydrogen) atoms. The van der Waals surface area contributed by atoms with Gasteiger partial charge in [0.15, 0.2) is 0 Å². The molecule has 1 saturated carbocycles. The Kier molecular flexibility index (Phi) is 8.21. The van der Waals surface area contributed by atoms with Crippen molar-refractivity contribution in [2.24, 2.45) is 21.8 Å². The van der Waals surface area contributed by atoms with Gasteiger partial charge in [-0.25, -0.2) is 0 Å². The van der Waals surface area contributed by atoms with Gasteiger partial charge < -0.3 is 0 Å². The van der Waals surface area contributed by atoms with Crippen molar-refractivity contribution in [3.8, 4) is 0 Å². The average Bonchev–Trinajstić information content (AvgIpc) is 2.38. The van der Waals surface area contributed by atoms with Crippen molar-refractivity contribution in [1.29, 1.82) is 0 Å². The van der Waals surface area contributed by atoms with Crippen LogP contribution in [-0.2, 0) is 0 Å². The third-order valence-corrected chi connectivity index (χ3v) is 4.18. The Morgan fingerprint density at radius 1 is 0.905 bits per heavy atom. The molecule has 0 saturated heterocycles. The Morgan fingerprint density at radius 3 is 1.90 bits per heavy atom. The Labute approximate surface area is 132 Å². The summed E-state index contributed by atoms with van der Waals surface area (Å²) in [4.78, 5) is 10.2. The molecule has 1 rings (SSSR count). The highest BCUT2D eigenvalue weighted by molar-refractivity contribution is 5.85. The van der Waals surface area contributed by atoms with E-state index in [1.54, 1.807) is 0 Å². The Hall–Kier alpha value is -0.660. The van der Waals surface area contributed by atoms with Crippen LogP contribution in [0, 0.1) is 11.8 Å². The fourth-order valence-electron chi connectivity index (χ4n) is 3.31. The maximum atomic E-state index is 5.12. The van der Waals surface area contributed by atoms with Gasteiger partial charge >= 0.3 is 0 Å². The lowest BCUT2D eigenvalue weighted by Crippen LogP contribution is -2.29. The largest absolute Gasteiger partial charge is 0.289 e. The molecule has 0 heterocycles. The summed E-state index contributed by atoms with van der Waals surface area (Å²) in [6, 6.07) is 0.876. The maximum Gasteiger partial charge on any atom is 0.0722 e. The molecule has 2 nitrogen and oxygen atoms in total. The molecule has 0 spiro atoms. The van der Waals surface area contributed by atoms with E-state index in [9.17, 15) is 0 Å². The monoisotopic (exact) mass is 292 g/mol. The molecule has 1 aliphatic rings. The van der Waals surface area contributed by atoms with Crippen molar-refractivity contribution in [1.82, 2.24) is 0 Å². The summed E-state index contributed by atoms with van der Waals surface area (Å²) >= 11 is 0. The van der Waals surface area contributed by atoms with Gasteiger partial charge in [-0.3, -0.25) is 9.98 Å². The molecule has 122 valence electrons. The predicted octanol–water partition coefficient (Wildman–Crippen LogP) is 5.70. The maximum absolute atomic E-state index is 5.12. The summed E-state index contributed by atoms with van der Waals surface area (Å²) in [6.45, 7) is 13.6. The smallest absolute Gasteiger partial charge is 0.0722 e. The fourth-order valence-corrected chi connectivity index (χ4v) is 3.31. The van der Waals surface area contributed by atoms with Crippen LogP contribution in [0.15, 0.2) is 9.98 Å². The average molecular weight is 293 g/mol. The van der Waals surface area contributed by atoms with E-state index >= 15 is 0 Å². The molecule has 1 fully saturated rings. The standard InChI is InChI=1S/C19H36N2/c1-7-17(13-15(4)5)21-19-11-9-8-10-18(19)20-16(6)12-14(2)3/h14-15,18-19H,7-13H2,1-6H3. The third-order valence-electron chi connectivity index (χ3n) is 4.18. The summed E-state index contributed by atoms with van der Waals surface area (Å²) in [5.74, 6) is 1.41. The highest BCUT2D eigenvalue weighted by atomic mass is 14.9. The van der Waals surface area contributed by atoms with Gasteiger partial charge in [0.1, 0.15) is 0 Å². The van der Waals surface area contributed by atoms with Crippen LogP contribution in [0.1, 0.15) is 86.5 Å². The van der Waals surface area contributed by atoms with Gasteiger partial charge in [0.2, 0.25) is 0 Å². The first kappa shape index (κ1) is 18.4. The van der Waals surface area contributed by atoms with Gasteiger partial charge in [-0.05, 0) is 50.9 Å². The normalized spacial score (nSPS) is 25.0. The topological polar surface area (TPSA) is 24.7 Å². The van der Waals surface area contributed by atoms with Gasteiger partial charge in [0, 0.05) is 11.4 Å². The second kappa shape index (κ2) is 9.38. The second-order valence-electron chi connectivity index (χ2n) is 7.53. The zero-order valence-electron chi connectivity index (χ0n) is 15.2. The molecule has 0 aliphatic heterocycles. The third kappa shape index (κ3) is 7.24. The first-order valence-corrected chi connectivity index (χ1v) is 9.01. The summed E-state index contributed by atoms with van der Waals surface area (Å²) in [6.07, 6.45) is 8.46. The molecular formula is C19H36N2. The van der Waals surface area contributed by atoms with E-state index in [4.69, 9.17) is 9.98 Å². The van der Waals surface area contributed by atoms with Crippen molar-refractivity contribution < 1.29 is 0 Å². The molecule has 0 aromatic rings. The summed E-state index contributed by atoms with van der Waals surface area (Å²) in [5.41, 5.74) is 2.72. The lowest BCUT2D eigenvalue weighted by Gasteiger charge is -2.27. The van der Waals surface area contributed by atoms with E-state index in [1.165, 1.54) is 37.1 Å². The minimum absolute atomic E-state index is 0.436. The van der Waals surface area contributed by atoms with Crippen molar-refractivity contribution in [3.63, 3.8) is 0 Å². The molecule has 1 aliphatic carbocycles. The number of nitrogens with zero attached hydrogens (tertiary/aromatic N) is 2. The minimum Gasteiger partial charge on any atom is -0.289 e. The van der Waals surface area contributed by atoms with Crippen molar-refractivity contribution >= 4 is 11.4 Å². The van der Waals surface area contributed by atoms with Crippen LogP contribution in [0.4, 0.5) is 0 Å². The summed E-state index contributed by atoms with van der Waals surface area (Å²) in [7, 11) is 0. The van der Waals surface area contributed by atoms with Crippen LogP contribution >= 0.6 is 0 Å². The van der Waals surface area contributed by atoms with Crippen LogP contribution in [0.25, 0.3) is 0 Å². The molecule has 0 amide bonds. The second-order valence-corrected chi connectivity index (χ2v) is 7.53. The fraction of sp³-hybridized carbons (Fsp3) is 0.895. The van der Waals surface area contributed by atoms with Gasteiger partial charge in [0.05, 0.1) is 12.1 Å². The quantitative estimate of drug-likeness (QED) is 0.538. The van der Waals surface area contributed by atoms with Crippen LogP contribution in [0.3, 0.4) is 0 Å². The van der Waals surface area contributed by atoms with E-state index in [2.05, 4.69) is 41.5 Å². The number of rotatable bonds is 7. The molecule has 0 radical (unpaired) electrons. The molecule has 0 N–H and O–H groups in total. The van der Waals surface area contributed by atoms with Crippen LogP contribution in [0.2, 0.25) is 0 Å². The van der Waals surface area contributed by atoms with Gasteiger partial charge in [0.25, 0.3) is 0 Å². The van der Waals surface area contributed by atoms with E-state index in [1.807, 2.05) is 0 Å². The van der Waals surface area contributed by atoms with E-state index in [0.717, 1.165) is 19.3 Å². The van der Waals surface area contributed by atoms with E-state index < -0.39 is 0 Å². The van der Waals surface area contributed by atoms with Crippen LogP contribution in [-0.4, -0.2) is 23.5 Å². The summed E-state index contributed by atoms with van der Waals surface area (Å²) in [5, 5.41) is 0. The molecule has 2 heteroatoms. The van der Waals surface area contributed by atoms with Crippen molar-refractivity contribution in [2.45, 2.75) is 98.6 Å². The molecule has 2 unspecified atom stereocenters. The molecule has 0 aromatic carbocycles. The van der Waals surface area contributed by atoms with Gasteiger partial charge in [-0.15, -0.1) is 0 Å². The zero-order valence-corrected chi connectivity index (χ0v) is 15.2. The van der Waals surface area contributed by atoms with E-state index in [0.29, 0.717) is 23.9 Å². The van der Waals surface area contributed by atoms with Crippen LogP contribution in [0.5, 0.6) is 0 Å².